The quantitative estimate of drug-likeness (QED) is 0.656. The van der Waals surface area contributed by atoms with Gasteiger partial charge in [0.2, 0.25) is 0 Å². The molecule has 106 valence electrons. The van der Waals surface area contributed by atoms with Crippen LogP contribution in [-0.2, 0) is 4.74 Å². The number of anilines is 2. The average molecular weight is 266 g/mol. The zero-order valence-corrected chi connectivity index (χ0v) is 11.5. The van der Waals surface area contributed by atoms with Crippen LogP contribution in [0.4, 0.5) is 11.6 Å². The minimum absolute atomic E-state index is 0.362. The number of hydrogen-bond acceptors (Lipinski definition) is 6. The summed E-state index contributed by atoms with van der Waals surface area (Å²) in [6.45, 7) is 1.02. The van der Waals surface area contributed by atoms with Crippen molar-refractivity contribution in [3.05, 3.63) is 11.9 Å². The number of nitrogens with one attached hydrogen (secondary N) is 2. The van der Waals surface area contributed by atoms with Gasteiger partial charge in [0, 0.05) is 32.7 Å². The van der Waals surface area contributed by atoms with E-state index in [-0.39, 0.29) is 0 Å². The maximum atomic E-state index is 9.57. The van der Waals surface area contributed by atoms with Crippen LogP contribution >= 0.6 is 0 Å². The van der Waals surface area contributed by atoms with Gasteiger partial charge in [0.15, 0.2) is 0 Å². The number of aliphatic hydroxyl groups is 1. The molecule has 1 atom stereocenters. The van der Waals surface area contributed by atoms with Gasteiger partial charge in [0.25, 0.3) is 0 Å². The van der Waals surface area contributed by atoms with Crippen molar-refractivity contribution in [3.63, 3.8) is 0 Å². The molecule has 1 aliphatic rings. The Morgan fingerprint density at radius 1 is 1.42 bits per heavy atom. The Kier molecular flexibility index (Phi) is 4.93. The summed E-state index contributed by atoms with van der Waals surface area (Å²) in [5.41, 5.74) is 0. The lowest BCUT2D eigenvalue weighted by Crippen LogP contribution is -2.19. The van der Waals surface area contributed by atoms with E-state index in [1.165, 1.54) is 12.8 Å². The van der Waals surface area contributed by atoms with Crippen LogP contribution in [0, 0.1) is 0 Å². The molecule has 6 heteroatoms. The number of ether oxygens (including phenoxy) is 1. The van der Waals surface area contributed by atoms with Crippen molar-refractivity contribution < 1.29 is 9.84 Å². The molecule has 0 aromatic carbocycles. The molecular formula is C13H22N4O2. The highest BCUT2D eigenvalue weighted by Gasteiger charge is 2.27. The highest BCUT2D eigenvalue weighted by atomic mass is 16.5. The normalized spacial score (nSPS) is 16.2. The molecule has 6 nitrogen and oxygen atoms in total. The second-order valence-electron chi connectivity index (χ2n) is 4.85. The van der Waals surface area contributed by atoms with E-state index in [1.54, 1.807) is 7.11 Å². The lowest BCUT2D eigenvalue weighted by atomic mass is 10.2. The molecule has 1 saturated carbocycles. The van der Waals surface area contributed by atoms with Crippen molar-refractivity contribution in [1.29, 1.82) is 0 Å². The number of nitrogens with zero attached hydrogens (tertiary/aromatic N) is 2. The molecular weight excluding hydrogens is 244 g/mol. The highest BCUT2D eigenvalue weighted by molar-refractivity contribution is 5.47. The lowest BCUT2D eigenvalue weighted by Gasteiger charge is -2.12. The molecule has 19 heavy (non-hydrogen) atoms. The first-order valence-corrected chi connectivity index (χ1v) is 6.70. The summed E-state index contributed by atoms with van der Waals surface area (Å²) in [5, 5.41) is 15.8. The molecule has 0 bridgehead atoms. The molecule has 0 aliphatic heterocycles. The smallest absolute Gasteiger partial charge is 0.136 e. The van der Waals surface area contributed by atoms with E-state index < -0.39 is 6.10 Å². The van der Waals surface area contributed by atoms with E-state index in [1.807, 2.05) is 13.1 Å². The summed E-state index contributed by atoms with van der Waals surface area (Å²) in [4.78, 5) is 8.97. The molecule has 1 aromatic rings. The topological polar surface area (TPSA) is 79.3 Å². The number of rotatable bonds is 8. The minimum Gasteiger partial charge on any atom is -0.391 e. The standard InChI is InChI=1S/C13H22N4O2/c1-14-11-7-12(15-6-5-10(18)8-19-2)17-13(16-11)9-3-4-9/h7,9-10,18H,3-6,8H2,1-2H3,(H2,14,15,16,17). The Morgan fingerprint density at radius 2 is 2.16 bits per heavy atom. The van der Waals surface area contributed by atoms with Gasteiger partial charge in [0.1, 0.15) is 17.5 Å². The van der Waals surface area contributed by atoms with Gasteiger partial charge in [0.05, 0.1) is 12.7 Å². The Morgan fingerprint density at radius 3 is 2.79 bits per heavy atom. The summed E-state index contributed by atoms with van der Waals surface area (Å²) in [5.74, 6) is 3.07. The number of aliphatic hydroxyl groups excluding tert-OH is 1. The van der Waals surface area contributed by atoms with Gasteiger partial charge in [-0.25, -0.2) is 9.97 Å². The summed E-state index contributed by atoms with van der Waals surface area (Å²) >= 11 is 0. The van der Waals surface area contributed by atoms with E-state index in [0.717, 1.165) is 17.5 Å². The number of aromatic nitrogens is 2. The van der Waals surface area contributed by atoms with Crippen LogP contribution < -0.4 is 10.6 Å². The van der Waals surface area contributed by atoms with Crippen LogP contribution in [0.1, 0.15) is 31.0 Å². The molecule has 1 aromatic heterocycles. The van der Waals surface area contributed by atoms with Gasteiger partial charge < -0.3 is 20.5 Å². The van der Waals surface area contributed by atoms with Crippen LogP contribution in [0.25, 0.3) is 0 Å². The number of methoxy groups -OCH3 is 1. The monoisotopic (exact) mass is 266 g/mol. The van der Waals surface area contributed by atoms with Crippen molar-refractivity contribution in [2.75, 3.05) is 37.9 Å². The Labute approximate surface area is 113 Å². The van der Waals surface area contributed by atoms with Gasteiger partial charge in [-0.05, 0) is 19.3 Å². The van der Waals surface area contributed by atoms with Crippen molar-refractivity contribution in [2.24, 2.45) is 0 Å². The van der Waals surface area contributed by atoms with Crippen LogP contribution in [0.15, 0.2) is 6.07 Å². The fraction of sp³-hybridized carbons (Fsp3) is 0.692. The first-order valence-electron chi connectivity index (χ1n) is 6.70. The molecule has 1 heterocycles. The van der Waals surface area contributed by atoms with Crippen LogP contribution in [0.3, 0.4) is 0 Å². The zero-order chi connectivity index (χ0) is 13.7. The molecule has 0 saturated heterocycles. The van der Waals surface area contributed by atoms with E-state index in [4.69, 9.17) is 4.74 Å². The first kappa shape index (κ1) is 14.0. The largest absolute Gasteiger partial charge is 0.391 e. The van der Waals surface area contributed by atoms with Crippen molar-refractivity contribution in [3.8, 4) is 0 Å². The zero-order valence-electron chi connectivity index (χ0n) is 11.5. The van der Waals surface area contributed by atoms with Gasteiger partial charge in [-0.15, -0.1) is 0 Å². The van der Waals surface area contributed by atoms with Crippen LogP contribution in [0.5, 0.6) is 0 Å². The summed E-state index contributed by atoms with van der Waals surface area (Å²) < 4.78 is 4.89. The number of hydrogen-bond donors (Lipinski definition) is 3. The molecule has 0 amide bonds. The fourth-order valence-corrected chi connectivity index (χ4v) is 1.85. The van der Waals surface area contributed by atoms with Gasteiger partial charge >= 0.3 is 0 Å². The molecule has 3 N–H and O–H groups in total. The van der Waals surface area contributed by atoms with Crippen LogP contribution in [-0.4, -0.2) is 48.5 Å². The maximum absolute atomic E-state index is 9.57. The summed E-state index contributed by atoms with van der Waals surface area (Å²) in [6.07, 6.45) is 2.55. The third kappa shape index (κ3) is 4.33. The predicted molar refractivity (Wildman–Crippen MR) is 74.5 cm³/mol. The van der Waals surface area contributed by atoms with E-state index in [9.17, 15) is 5.11 Å². The van der Waals surface area contributed by atoms with Crippen molar-refractivity contribution >= 4 is 11.6 Å². The van der Waals surface area contributed by atoms with E-state index in [2.05, 4.69) is 20.6 Å². The maximum Gasteiger partial charge on any atom is 0.136 e. The highest BCUT2D eigenvalue weighted by Crippen LogP contribution is 2.38. The second kappa shape index (κ2) is 6.68. The Hall–Kier alpha value is -1.40. The second-order valence-corrected chi connectivity index (χ2v) is 4.85. The van der Waals surface area contributed by atoms with E-state index >= 15 is 0 Å². The van der Waals surface area contributed by atoms with Gasteiger partial charge in [-0.1, -0.05) is 0 Å². The Bertz CT molecular complexity index is 410. The van der Waals surface area contributed by atoms with Gasteiger partial charge in [-0.2, -0.15) is 0 Å². The van der Waals surface area contributed by atoms with Gasteiger partial charge in [-0.3, -0.25) is 0 Å². The van der Waals surface area contributed by atoms with E-state index in [0.29, 0.717) is 25.5 Å². The first-order chi connectivity index (χ1) is 9.22. The third-order valence-electron chi connectivity index (χ3n) is 3.08. The Balaban J connectivity index is 1.90. The van der Waals surface area contributed by atoms with Crippen molar-refractivity contribution in [2.45, 2.75) is 31.3 Å². The SMILES string of the molecule is CNc1cc(NCCC(O)COC)nc(C2CC2)n1. The molecule has 0 spiro atoms. The van der Waals surface area contributed by atoms with Crippen LogP contribution in [0.2, 0.25) is 0 Å². The molecule has 1 aliphatic carbocycles. The lowest BCUT2D eigenvalue weighted by molar-refractivity contribution is 0.0615. The predicted octanol–water partition coefficient (Wildman–Crippen LogP) is 1.20. The molecule has 0 radical (unpaired) electrons. The molecule has 1 unspecified atom stereocenters. The molecule has 1 fully saturated rings. The van der Waals surface area contributed by atoms with Crippen molar-refractivity contribution in [1.82, 2.24) is 9.97 Å². The molecule has 2 rings (SSSR count). The fourth-order valence-electron chi connectivity index (χ4n) is 1.85. The summed E-state index contributed by atoms with van der Waals surface area (Å²) in [6, 6.07) is 1.88. The minimum atomic E-state index is -0.439. The third-order valence-corrected chi connectivity index (χ3v) is 3.08. The summed E-state index contributed by atoms with van der Waals surface area (Å²) in [7, 11) is 3.44. The average Bonchev–Trinajstić information content (AvgIpc) is 3.23.